The molecule has 17 heavy (non-hydrogen) atoms. The zero-order chi connectivity index (χ0) is 13.9. The summed E-state index contributed by atoms with van der Waals surface area (Å²) in [6.45, 7) is 19.7. The molecule has 1 nitrogen and oxygen atoms in total. The van der Waals surface area contributed by atoms with E-state index in [-0.39, 0.29) is 15.1 Å². The van der Waals surface area contributed by atoms with Crippen LogP contribution in [-0.2, 0) is 0 Å². The summed E-state index contributed by atoms with van der Waals surface area (Å²) in [7, 11) is -1.81. The Labute approximate surface area is 115 Å². The Hall–Kier alpha value is 0.467. The third-order valence-corrected chi connectivity index (χ3v) is 12.0. The van der Waals surface area contributed by atoms with Crippen molar-refractivity contribution >= 4 is 19.8 Å². The molecule has 0 aliphatic rings. The Kier molecular flexibility index (Phi) is 6.24. The van der Waals surface area contributed by atoms with Gasteiger partial charge in [0, 0.05) is 5.00 Å². The van der Waals surface area contributed by atoms with Gasteiger partial charge in [0.05, 0.1) is 0 Å². The molecular weight excluding hydrogens is 246 g/mol. The lowest BCUT2D eigenvalue weighted by atomic mass is 10.2. The van der Waals surface area contributed by atoms with Gasteiger partial charge < -0.3 is 4.98 Å². The number of rotatable bonds is 5. The zero-order valence-corrected chi connectivity index (χ0v) is 14.8. The van der Waals surface area contributed by atoms with Crippen molar-refractivity contribution in [2.45, 2.75) is 83.3 Å². The molecule has 0 amide bonds. The molecule has 0 spiro atoms. The van der Waals surface area contributed by atoms with Crippen LogP contribution in [0.3, 0.4) is 0 Å². The molecule has 104 valence electrons. The van der Waals surface area contributed by atoms with Gasteiger partial charge >= 0.3 is 0 Å². The first-order valence-corrected chi connectivity index (χ1v) is 9.45. The Morgan fingerprint density at radius 1 is 1.00 bits per heavy atom. The minimum Gasteiger partial charge on any atom is -0.335 e. The molecule has 0 radical (unpaired) electrons. The van der Waals surface area contributed by atoms with E-state index in [1.807, 2.05) is 0 Å². The van der Waals surface area contributed by atoms with Crippen LogP contribution in [0, 0.1) is 0 Å². The molecule has 0 fully saturated rings. The maximum atomic E-state index is 6.79. The average Bonchev–Trinajstić information content (AvgIpc) is 2.14. The van der Waals surface area contributed by atoms with E-state index in [4.69, 9.17) is 11.6 Å². The third kappa shape index (κ3) is 3.48. The van der Waals surface area contributed by atoms with Crippen LogP contribution < -0.4 is 4.98 Å². The monoisotopic (exact) mass is 277 g/mol. The summed E-state index contributed by atoms with van der Waals surface area (Å²) in [5, 5.41) is 0.820. The van der Waals surface area contributed by atoms with E-state index >= 15 is 0 Å². The minimum absolute atomic E-state index is 0.267. The molecule has 3 heteroatoms. The third-order valence-electron chi connectivity index (χ3n) is 3.85. The average molecular weight is 278 g/mol. The lowest BCUT2D eigenvalue weighted by molar-refractivity contribution is 0.559. The van der Waals surface area contributed by atoms with E-state index in [9.17, 15) is 0 Å². The Balaban J connectivity index is 5.55. The summed E-state index contributed by atoms with van der Waals surface area (Å²) in [6.07, 6.45) is 2.23. The van der Waals surface area contributed by atoms with Crippen LogP contribution in [0.15, 0.2) is 0 Å². The Bertz CT molecular complexity index is 213. The maximum Gasteiger partial charge on any atom is 0.154 e. The van der Waals surface area contributed by atoms with Crippen molar-refractivity contribution in [3.8, 4) is 0 Å². The fourth-order valence-corrected chi connectivity index (χ4v) is 12.2. The van der Waals surface area contributed by atoms with Gasteiger partial charge in [-0.3, -0.25) is 0 Å². The molecule has 1 atom stereocenters. The number of alkyl halides is 1. The predicted octanol–water partition coefficient (Wildman–Crippen LogP) is 5.09. The largest absolute Gasteiger partial charge is 0.335 e. The van der Waals surface area contributed by atoms with Crippen molar-refractivity contribution in [2.24, 2.45) is 0 Å². The van der Waals surface area contributed by atoms with Gasteiger partial charge in [-0.05, 0) is 29.5 Å². The number of hydrogen-bond acceptors (Lipinski definition) is 1. The normalized spacial score (nSPS) is 16.1. The van der Waals surface area contributed by atoms with E-state index in [1.165, 1.54) is 6.42 Å². The molecule has 0 saturated heterocycles. The molecule has 0 aromatic rings. The highest BCUT2D eigenvalue weighted by Crippen LogP contribution is 2.52. The van der Waals surface area contributed by atoms with Crippen LogP contribution in [0.2, 0.25) is 10.1 Å². The molecule has 1 N–H and O–H groups in total. The van der Waals surface area contributed by atoms with Gasteiger partial charge in [0.1, 0.15) is 0 Å². The first-order valence-electron chi connectivity index (χ1n) is 6.93. The van der Waals surface area contributed by atoms with Crippen LogP contribution >= 0.6 is 11.6 Å². The zero-order valence-electron chi connectivity index (χ0n) is 13.1. The van der Waals surface area contributed by atoms with E-state index in [0.717, 1.165) is 13.0 Å². The second-order valence-electron chi connectivity index (χ2n) is 7.11. The summed E-state index contributed by atoms with van der Waals surface area (Å²) in [4.78, 5) is 3.92. The summed E-state index contributed by atoms with van der Waals surface area (Å²) in [5.41, 5.74) is 0. The Morgan fingerprint density at radius 3 is 1.65 bits per heavy atom. The van der Waals surface area contributed by atoms with Gasteiger partial charge in [-0.1, -0.05) is 55.4 Å². The molecule has 0 rings (SSSR count). The van der Waals surface area contributed by atoms with E-state index in [1.54, 1.807) is 0 Å². The van der Waals surface area contributed by atoms with Crippen molar-refractivity contribution in [3.63, 3.8) is 0 Å². The number of hydrogen-bond donors (Lipinski definition) is 1. The second kappa shape index (κ2) is 6.07. The minimum atomic E-state index is -1.81. The first-order chi connectivity index (χ1) is 7.54. The maximum absolute atomic E-state index is 6.79. The summed E-state index contributed by atoms with van der Waals surface area (Å²) in [5.74, 6) is 0. The van der Waals surface area contributed by atoms with Crippen molar-refractivity contribution in [2.75, 3.05) is 6.54 Å². The van der Waals surface area contributed by atoms with Crippen molar-refractivity contribution in [1.29, 1.82) is 0 Å². The molecule has 0 aliphatic carbocycles. The summed E-state index contributed by atoms with van der Waals surface area (Å²) >= 11 is 6.79. The van der Waals surface area contributed by atoms with Gasteiger partial charge in [0.15, 0.2) is 8.24 Å². The topological polar surface area (TPSA) is 12.0 Å². The molecule has 0 bridgehead atoms. The standard InChI is InChI=1S/C14H32ClNSi/c1-9-11-16-17(12(15)10-2,13(3,4)5)14(6,7)8/h12,16H,9-11H2,1-8H3. The highest BCUT2D eigenvalue weighted by atomic mass is 35.5. The van der Waals surface area contributed by atoms with Crippen LogP contribution in [0.25, 0.3) is 0 Å². The van der Waals surface area contributed by atoms with Crippen LogP contribution in [0.5, 0.6) is 0 Å². The molecule has 1 unspecified atom stereocenters. The predicted molar refractivity (Wildman–Crippen MR) is 83.4 cm³/mol. The fourth-order valence-electron chi connectivity index (χ4n) is 3.33. The molecule has 0 heterocycles. The lowest BCUT2D eigenvalue weighted by Crippen LogP contribution is -2.69. The second-order valence-corrected chi connectivity index (χ2v) is 13.7. The highest BCUT2D eigenvalue weighted by Gasteiger charge is 2.56. The van der Waals surface area contributed by atoms with E-state index in [0.29, 0.717) is 0 Å². The molecular formula is C14H32ClNSi. The molecule has 0 saturated carbocycles. The molecule has 0 aliphatic heterocycles. The van der Waals surface area contributed by atoms with Crippen molar-refractivity contribution < 1.29 is 0 Å². The van der Waals surface area contributed by atoms with E-state index in [2.05, 4.69) is 60.4 Å². The van der Waals surface area contributed by atoms with Gasteiger partial charge in [0.25, 0.3) is 0 Å². The van der Waals surface area contributed by atoms with Gasteiger partial charge in [-0.25, -0.2) is 0 Å². The lowest BCUT2D eigenvalue weighted by Gasteiger charge is -2.54. The first kappa shape index (κ1) is 17.5. The summed E-state index contributed by atoms with van der Waals surface area (Å²) < 4.78 is 0. The fraction of sp³-hybridized carbons (Fsp3) is 1.00. The van der Waals surface area contributed by atoms with Crippen LogP contribution in [0.4, 0.5) is 0 Å². The smallest absolute Gasteiger partial charge is 0.154 e. The highest BCUT2D eigenvalue weighted by molar-refractivity contribution is 6.89. The van der Waals surface area contributed by atoms with E-state index < -0.39 is 8.24 Å². The number of halogens is 1. The van der Waals surface area contributed by atoms with Gasteiger partial charge in [-0.15, -0.1) is 11.6 Å². The molecule has 0 aromatic carbocycles. The van der Waals surface area contributed by atoms with Gasteiger partial charge in [0.2, 0.25) is 0 Å². The van der Waals surface area contributed by atoms with Crippen LogP contribution in [-0.4, -0.2) is 19.8 Å². The Morgan fingerprint density at radius 2 is 1.41 bits per heavy atom. The van der Waals surface area contributed by atoms with Gasteiger partial charge in [-0.2, -0.15) is 0 Å². The van der Waals surface area contributed by atoms with Crippen molar-refractivity contribution in [3.05, 3.63) is 0 Å². The van der Waals surface area contributed by atoms with Crippen molar-refractivity contribution in [1.82, 2.24) is 4.98 Å². The quantitative estimate of drug-likeness (QED) is 0.545. The SMILES string of the molecule is CCCN[Si](C(Cl)CC)(C(C)(C)C)C(C)(C)C. The van der Waals surface area contributed by atoms with Crippen LogP contribution in [0.1, 0.15) is 68.2 Å². The molecule has 0 aromatic heterocycles. The number of nitrogens with one attached hydrogen (secondary N) is 1. The summed E-state index contributed by atoms with van der Waals surface area (Å²) in [6, 6.07) is 0.